The predicted molar refractivity (Wildman–Crippen MR) is 72.9 cm³/mol. The van der Waals surface area contributed by atoms with Crippen LogP contribution in [-0.4, -0.2) is 33.5 Å². The molecule has 0 aliphatic heterocycles. The largest absolute Gasteiger partial charge is 0.493 e. The fourth-order valence-corrected chi connectivity index (χ4v) is 1.94. The van der Waals surface area contributed by atoms with Crippen LogP contribution >= 0.6 is 11.8 Å². The molecule has 1 aromatic carbocycles. The average Bonchev–Trinajstić information content (AvgIpc) is 2.38. The van der Waals surface area contributed by atoms with Crippen LogP contribution in [0.2, 0.25) is 0 Å². The maximum atomic E-state index is 11.0. The second-order valence-corrected chi connectivity index (χ2v) is 5.10. The Balaban J connectivity index is 2.56. The first kappa shape index (κ1) is 16.0. The van der Waals surface area contributed by atoms with E-state index in [2.05, 4.69) is 0 Å². The zero-order valence-corrected chi connectivity index (χ0v) is 11.5. The van der Waals surface area contributed by atoms with Gasteiger partial charge in [0.1, 0.15) is 18.3 Å². The number of rotatable bonds is 7. The molecule has 1 atom stereocenters. The Labute approximate surface area is 119 Å². The summed E-state index contributed by atoms with van der Waals surface area (Å²) in [5.74, 6) is -1.41. The standard InChI is InChI=1S/C12H13NO6S/c1-8(14)20-7-9(12(15)16)6-19-11-4-2-10(3-5-11)13(17)18/h2-5,9H,6-7H2,1H3,(H,15,16). The molecule has 0 spiro atoms. The van der Waals surface area contributed by atoms with Crippen LogP contribution in [0, 0.1) is 16.0 Å². The second-order valence-electron chi connectivity index (χ2n) is 3.90. The summed E-state index contributed by atoms with van der Waals surface area (Å²) in [4.78, 5) is 31.7. The number of hydrogen-bond acceptors (Lipinski definition) is 6. The minimum atomic E-state index is -1.05. The summed E-state index contributed by atoms with van der Waals surface area (Å²) in [5, 5.41) is 19.3. The lowest BCUT2D eigenvalue weighted by molar-refractivity contribution is -0.384. The minimum absolute atomic E-state index is 0.0701. The molecule has 108 valence electrons. The van der Waals surface area contributed by atoms with Crippen molar-refractivity contribution < 1.29 is 24.4 Å². The highest BCUT2D eigenvalue weighted by atomic mass is 32.2. The van der Waals surface area contributed by atoms with Gasteiger partial charge in [0.2, 0.25) is 0 Å². The SMILES string of the molecule is CC(=O)SCC(COc1ccc([N+](=O)[O-])cc1)C(=O)O. The van der Waals surface area contributed by atoms with E-state index >= 15 is 0 Å². The molecule has 0 heterocycles. The van der Waals surface area contributed by atoms with Crippen molar-refractivity contribution >= 4 is 28.5 Å². The predicted octanol–water partition coefficient (Wildman–Crippen LogP) is 1.95. The van der Waals surface area contributed by atoms with Crippen LogP contribution in [0.4, 0.5) is 5.69 Å². The lowest BCUT2D eigenvalue weighted by Crippen LogP contribution is -2.24. The van der Waals surface area contributed by atoms with E-state index in [0.717, 1.165) is 11.8 Å². The summed E-state index contributed by atoms with van der Waals surface area (Å²) < 4.78 is 5.27. The minimum Gasteiger partial charge on any atom is -0.493 e. The average molecular weight is 299 g/mol. The van der Waals surface area contributed by atoms with Gasteiger partial charge in [-0.3, -0.25) is 19.7 Å². The number of carbonyl (C=O) groups excluding carboxylic acids is 1. The van der Waals surface area contributed by atoms with Gasteiger partial charge < -0.3 is 9.84 Å². The molecule has 1 rings (SSSR count). The van der Waals surface area contributed by atoms with Crippen LogP contribution in [0.5, 0.6) is 5.75 Å². The summed E-state index contributed by atoms with van der Waals surface area (Å²) in [5.41, 5.74) is -0.0701. The van der Waals surface area contributed by atoms with E-state index in [0.29, 0.717) is 5.75 Å². The van der Waals surface area contributed by atoms with Crippen LogP contribution in [0.25, 0.3) is 0 Å². The van der Waals surface area contributed by atoms with Crippen molar-refractivity contribution in [1.29, 1.82) is 0 Å². The Morgan fingerprint density at radius 2 is 2.00 bits per heavy atom. The molecule has 20 heavy (non-hydrogen) atoms. The fraction of sp³-hybridized carbons (Fsp3) is 0.333. The molecule has 0 fully saturated rings. The Morgan fingerprint density at radius 3 is 2.45 bits per heavy atom. The molecule has 0 aliphatic carbocycles. The lowest BCUT2D eigenvalue weighted by Gasteiger charge is -2.12. The molecular weight excluding hydrogens is 286 g/mol. The van der Waals surface area contributed by atoms with E-state index in [1.54, 1.807) is 0 Å². The molecule has 0 aliphatic rings. The number of nitrogens with zero attached hydrogens (tertiary/aromatic N) is 1. The van der Waals surface area contributed by atoms with Crippen molar-refractivity contribution in [3.8, 4) is 5.75 Å². The number of carboxylic acid groups (broad SMARTS) is 1. The maximum absolute atomic E-state index is 11.0. The number of thioether (sulfide) groups is 1. The third-order valence-electron chi connectivity index (χ3n) is 2.34. The number of aliphatic carboxylic acids is 1. The van der Waals surface area contributed by atoms with Crippen LogP contribution in [0.3, 0.4) is 0 Å². The van der Waals surface area contributed by atoms with Crippen LogP contribution in [0.15, 0.2) is 24.3 Å². The van der Waals surface area contributed by atoms with E-state index in [9.17, 15) is 19.7 Å². The van der Waals surface area contributed by atoms with Crippen molar-refractivity contribution in [2.75, 3.05) is 12.4 Å². The molecular formula is C12H13NO6S. The summed E-state index contributed by atoms with van der Waals surface area (Å²) in [6.07, 6.45) is 0. The number of ether oxygens (including phenoxy) is 1. The fourth-order valence-electron chi connectivity index (χ4n) is 1.27. The monoisotopic (exact) mass is 299 g/mol. The van der Waals surface area contributed by atoms with E-state index in [1.165, 1.54) is 31.2 Å². The van der Waals surface area contributed by atoms with Crippen LogP contribution in [-0.2, 0) is 9.59 Å². The van der Waals surface area contributed by atoms with Crippen molar-refractivity contribution in [3.05, 3.63) is 34.4 Å². The Bertz CT molecular complexity index is 501. The normalized spacial score (nSPS) is 11.7. The molecule has 0 amide bonds. The third kappa shape index (κ3) is 5.27. The van der Waals surface area contributed by atoms with E-state index in [1.807, 2.05) is 0 Å². The molecule has 1 aromatic rings. The molecule has 0 saturated carbocycles. The molecule has 0 radical (unpaired) electrons. The summed E-state index contributed by atoms with van der Waals surface area (Å²) in [6, 6.07) is 5.34. The summed E-state index contributed by atoms with van der Waals surface area (Å²) >= 11 is 0.920. The van der Waals surface area contributed by atoms with Gasteiger partial charge in [-0.25, -0.2) is 0 Å². The highest BCUT2D eigenvalue weighted by molar-refractivity contribution is 8.13. The maximum Gasteiger partial charge on any atom is 0.310 e. The number of carboxylic acids is 1. The zero-order chi connectivity index (χ0) is 15.1. The number of benzene rings is 1. The number of carbonyl (C=O) groups is 2. The lowest BCUT2D eigenvalue weighted by atomic mass is 10.2. The number of nitro groups is 1. The first-order valence-corrected chi connectivity index (χ1v) is 6.62. The highest BCUT2D eigenvalue weighted by Crippen LogP contribution is 2.19. The van der Waals surface area contributed by atoms with E-state index in [-0.39, 0.29) is 23.2 Å². The van der Waals surface area contributed by atoms with Gasteiger partial charge in [-0.15, -0.1) is 0 Å². The van der Waals surface area contributed by atoms with Crippen molar-refractivity contribution in [2.45, 2.75) is 6.92 Å². The summed E-state index contributed by atoms with van der Waals surface area (Å²) in [6.45, 7) is 1.26. The summed E-state index contributed by atoms with van der Waals surface area (Å²) in [7, 11) is 0. The Hall–Kier alpha value is -2.09. The molecule has 7 nitrogen and oxygen atoms in total. The van der Waals surface area contributed by atoms with Crippen molar-refractivity contribution in [2.24, 2.45) is 5.92 Å². The molecule has 1 N–H and O–H groups in total. The Morgan fingerprint density at radius 1 is 1.40 bits per heavy atom. The number of nitro benzene ring substituents is 1. The van der Waals surface area contributed by atoms with Gasteiger partial charge in [-0.1, -0.05) is 11.8 Å². The van der Waals surface area contributed by atoms with Gasteiger partial charge in [0.25, 0.3) is 5.69 Å². The van der Waals surface area contributed by atoms with Gasteiger partial charge in [0.15, 0.2) is 5.12 Å². The molecule has 0 saturated heterocycles. The van der Waals surface area contributed by atoms with Gasteiger partial charge in [-0.2, -0.15) is 0 Å². The number of non-ortho nitro benzene ring substituents is 1. The van der Waals surface area contributed by atoms with E-state index < -0.39 is 16.8 Å². The first-order valence-electron chi connectivity index (χ1n) is 5.63. The van der Waals surface area contributed by atoms with Crippen molar-refractivity contribution in [3.63, 3.8) is 0 Å². The van der Waals surface area contributed by atoms with Gasteiger partial charge in [0.05, 0.1) is 4.92 Å². The smallest absolute Gasteiger partial charge is 0.310 e. The van der Waals surface area contributed by atoms with Gasteiger partial charge in [0, 0.05) is 24.8 Å². The Kier molecular flexibility index (Phi) is 5.98. The second kappa shape index (κ2) is 7.49. The van der Waals surface area contributed by atoms with Gasteiger partial charge in [-0.05, 0) is 12.1 Å². The molecule has 0 aromatic heterocycles. The highest BCUT2D eigenvalue weighted by Gasteiger charge is 2.19. The van der Waals surface area contributed by atoms with Gasteiger partial charge >= 0.3 is 5.97 Å². The van der Waals surface area contributed by atoms with Crippen LogP contribution < -0.4 is 4.74 Å². The quantitative estimate of drug-likeness (QED) is 0.605. The topological polar surface area (TPSA) is 107 Å². The van der Waals surface area contributed by atoms with E-state index in [4.69, 9.17) is 9.84 Å². The third-order valence-corrected chi connectivity index (χ3v) is 3.31. The van der Waals surface area contributed by atoms with Crippen molar-refractivity contribution in [1.82, 2.24) is 0 Å². The zero-order valence-electron chi connectivity index (χ0n) is 10.6. The first-order chi connectivity index (χ1) is 9.40. The molecule has 8 heteroatoms. The molecule has 1 unspecified atom stereocenters. The number of hydrogen-bond donors (Lipinski definition) is 1. The van der Waals surface area contributed by atoms with Crippen LogP contribution in [0.1, 0.15) is 6.92 Å². The molecule has 0 bridgehead atoms.